The topological polar surface area (TPSA) is 0 Å². The van der Waals surface area contributed by atoms with Crippen LogP contribution in [0.3, 0.4) is 0 Å². The molecule has 0 spiro atoms. The lowest BCUT2D eigenvalue weighted by Crippen LogP contribution is -2.20. The fraction of sp³-hybridized carbons (Fsp3) is 0.647. The molecule has 0 aliphatic heterocycles. The molecule has 1 saturated carbocycles. The second kappa shape index (κ2) is 4.48. The first kappa shape index (κ1) is 11.3. The first-order chi connectivity index (χ1) is 8.31. The van der Waals surface area contributed by atoms with Crippen LogP contribution in [-0.2, 0) is 12.8 Å². The lowest BCUT2D eigenvalue weighted by molar-refractivity contribution is 0.241. The number of benzene rings is 1. The predicted molar refractivity (Wildman–Crippen MR) is 73.4 cm³/mol. The SMILES string of the molecule is CCc1ccc2c(c1)CC1CC(CC)CCC21. The van der Waals surface area contributed by atoms with Crippen molar-refractivity contribution in [3.05, 3.63) is 34.9 Å². The van der Waals surface area contributed by atoms with Gasteiger partial charge in [-0.2, -0.15) is 0 Å². The van der Waals surface area contributed by atoms with Crippen LogP contribution in [0.1, 0.15) is 62.1 Å². The summed E-state index contributed by atoms with van der Waals surface area (Å²) in [5.41, 5.74) is 4.90. The van der Waals surface area contributed by atoms with Gasteiger partial charge in [0.1, 0.15) is 0 Å². The Hall–Kier alpha value is -0.780. The van der Waals surface area contributed by atoms with E-state index in [0.29, 0.717) is 0 Å². The Kier molecular flexibility index (Phi) is 2.98. The normalized spacial score (nSPS) is 31.1. The molecule has 2 aliphatic carbocycles. The van der Waals surface area contributed by atoms with Crippen LogP contribution in [0.4, 0.5) is 0 Å². The second-order valence-corrected chi connectivity index (χ2v) is 6.04. The molecular weight excluding hydrogens is 204 g/mol. The van der Waals surface area contributed by atoms with Crippen LogP contribution < -0.4 is 0 Å². The Balaban J connectivity index is 1.85. The molecule has 0 amide bonds. The summed E-state index contributed by atoms with van der Waals surface area (Å²) >= 11 is 0. The number of hydrogen-bond donors (Lipinski definition) is 0. The van der Waals surface area contributed by atoms with Crippen molar-refractivity contribution in [2.24, 2.45) is 11.8 Å². The minimum absolute atomic E-state index is 0.902. The Morgan fingerprint density at radius 1 is 1.18 bits per heavy atom. The highest BCUT2D eigenvalue weighted by molar-refractivity contribution is 5.39. The molecule has 0 saturated heterocycles. The maximum absolute atomic E-state index is 2.48. The van der Waals surface area contributed by atoms with Gasteiger partial charge in [-0.3, -0.25) is 0 Å². The number of aryl methyl sites for hydroxylation is 1. The summed E-state index contributed by atoms with van der Waals surface area (Å²) in [6, 6.07) is 7.27. The first-order valence-electron chi connectivity index (χ1n) is 7.43. The second-order valence-electron chi connectivity index (χ2n) is 6.04. The average molecular weight is 228 g/mol. The van der Waals surface area contributed by atoms with E-state index in [0.717, 1.165) is 17.8 Å². The van der Waals surface area contributed by atoms with Crippen LogP contribution >= 0.6 is 0 Å². The van der Waals surface area contributed by atoms with Crippen LogP contribution in [0.15, 0.2) is 18.2 Å². The van der Waals surface area contributed by atoms with E-state index >= 15 is 0 Å². The molecule has 1 aromatic rings. The fourth-order valence-corrected chi connectivity index (χ4v) is 4.07. The van der Waals surface area contributed by atoms with E-state index in [-0.39, 0.29) is 0 Å². The summed E-state index contributed by atoms with van der Waals surface area (Å²) in [5.74, 6) is 2.88. The van der Waals surface area contributed by atoms with Gasteiger partial charge in [-0.15, -0.1) is 0 Å². The summed E-state index contributed by atoms with van der Waals surface area (Å²) in [5, 5.41) is 0. The lowest BCUT2D eigenvalue weighted by Gasteiger charge is -2.31. The number of rotatable bonds is 2. The monoisotopic (exact) mass is 228 g/mol. The quantitative estimate of drug-likeness (QED) is 0.687. The minimum atomic E-state index is 0.902. The van der Waals surface area contributed by atoms with Crippen molar-refractivity contribution in [3.8, 4) is 0 Å². The van der Waals surface area contributed by atoms with Gasteiger partial charge in [-0.1, -0.05) is 38.5 Å². The predicted octanol–water partition coefficient (Wildman–Crippen LogP) is 4.72. The molecule has 0 aromatic heterocycles. The molecule has 1 aromatic carbocycles. The Morgan fingerprint density at radius 2 is 2.06 bits per heavy atom. The van der Waals surface area contributed by atoms with E-state index in [1.807, 2.05) is 0 Å². The van der Waals surface area contributed by atoms with Gasteiger partial charge in [0.15, 0.2) is 0 Å². The molecule has 1 fully saturated rings. The molecule has 0 heteroatoms. The highest BCUT2D eigenvalue weighted by Gasteiger charge is 2.36. The van der Waals surface area contributed by atoms with Crippen molar-refractivity contribution in [2.45, 2.75) is 58.3 Å². The minimum Gasteiger partial charge on any atom is -0.0651 e. The van der Waals surface area contributed by atoms with Gasteiger partial charge >= 0.3 is 0 Å². The van der Waals surface area contributed by atoms with Crippen LogP contribution in [-0.4, -0.2) is 0 Å². The van der Waals surface area contributed by atoms with E-state index in [1.54, 1.807) is 11.1 Å². The van der Waals surface area contributed by atoms with Crippen molar-refractivity contribution in [3.63, 3.8) is 0 Å². The molecule has 0 heterocycles. The zero-order chi connectivity index (χ0) is 11.8. The zero-order valence-corrected chi connectivity index (χ0v) is 11.2. The summed E-state index contributed by atoms with van der Waals surface area (Å²) in [6.07, 6.45) is 8.33. The van der Waals surface area contributed by atoms with Gasteiger partial charge in [0.05, 0.1) is 0 Å². The van der Waals surface area contributed by atoms with Gasteiger partial charge in [-0.25, -0.2) is 0 Å². The van der Waals surface area contributed by atoms with Gasteiger partial charge in [0.2, 0.25) is 0 Å². The standard InChI is InChI=1S/C17H24/c1-3-12-5-7-16-14(9-12)11-15-10-13(4-2)6-8-17(15)16/h5,7,9,13,15,17H,3-4,6,8,10-11H2,1-2H3. The molecule has 3 rings (SSSR count). The molecule has 17 heavy (non-hydrogen) atoms. The zero-order valence-electron chi connectivity index (χ0n) is 11.2. The maximum atomic E-state index is 2.48. The van der Waals surface area contributed by atoms with E-state index in [2.05, 4.69) is 32.0 Å². The van der Waals surface area contributed by atoms with E-state index in [9.17, 15) is 0 Å². The van der Waals surface area contributed by atoms with Gasteiger partial charge < -0.3 is 0 Å². The highest BCUT2D eigenvalue weighted by atomic mass is 14.4. The number of fused-ring (bicyclic) bond motifs is 3. The molecule has 3 atom stereocenters. The van der Waals surface area contributed by atoms with Gasteiger partial charge in [0, 0.05) is 0 Å². The molecule has 0 radical (unpaired) electrons. The van der Waals surface area contributed by atoms with E-state index in [4.69, 9.17) is 0 Å². The summed E-state index contributed by atoms with van der Waals surface area (Å²) in [4.78, 5) is 0. The molecule has 0 N–H and O–H groups in total. The van der Waals surface area contributed by atoms with E-state index in [1.165, 1.54) is 44.1 Å². The molecule has 0 nitrogen and oxygen atoms in total. The Labute approximate surface area is 105 Å². The van der Waals surface area contributed by atoms with Crippen LogP contribution in [0.5, 0.6) is 0 Å². The number of hydrogen-bond acceptors (Lipinski definition) is 0. The molecule has 2 aliphatic rings. The molecule has 0 bridgehead atoms. The third-order valence-corrected chi connectivity index (χ3v) is 5.17. The third kappa shape index (κ3) is 1.92. The Bertz CT molecular complexity index is 404. The first-order valence-corrected chi connectivity index (χ1v) is 7.43. The lowest BCUT2D eigenvalue weighted by atomic mass is 9.74. The van der Waals surface area contributed by atoms with Crippen LogP contribution in [0, 0.1) is 11.8 Å². The van der Waals surface area contributed by atoms with Gasteiger partial charge in [0.25, 0.3) is 0 Å². The third-order valence-electron chi connectivity index (χ3n) is 5.17. The smallest absolute Gasteiger partial charge is 0.0127 e. The maximum Gasteiger partial charge on any atom is -0.0127 e. The van der Waals surface area contributed by atoms with Crippen molar-refractivity contribution in [1.29, 1.82) is 0 Å². The molecule has 3 unspecified atom stereocenters. The van der Waals surface area contributed by atoms with E-state index < -0.39 is 0 Å². The fourth-order valence-electron chi connectivity index (χ4n) is 4.07. The Morgan fingerprint density at radius 3 is 2.82 bits per heavy atom. The highest BCUT2D eigenvalue weighted by Crippen LogP contribution is 2.48. The molecule has 92 valence electrons. The van der Waals surface area contributed by atoms with Crippen LogP contribution in [0.2, 0.25) is 0 Å². The largest absolute Gasteiger partial charge is 0.0651 e. The van der Waals surface area contributed by atoms with Crippen molar-refractivity contribution < 1.29 is 0 Å². The van der Waals surface area contributed by atoms with Crippen molar-refractivity contribution in [2.75, 3.05) is 0 Å². The van der Waals surface area contributed by atoms with Crippen LogP contribution in [0.25, 0.3) is 0 Å². The van der Waals surface area contributed by atoms with Crippen molar-refractivity contribution >= 4 is 0 Å². The average Bonchev–Trinajstić information content (AvgIpc) is 2.74. The molecular formula is C17H24. The summed E-state index contributed by atoms with van der Waals surface area (Å²) < 4.78 is 0. The summed E-state index contributed by atoms with van der Waals surface area (Å²) in [7, 11) is 0. The van der Waals surface area contributed by atoms with Crippen molar-refractivity contribution in [1.82, 2.24) is 0 Å². The summed E-state index contributed by atoms with van der Waals surface area (Å²) in [6.45, 7) is 4.62. The van der Waals surface area contributed by atoms with Gasteiger partial charge in [-0.05, 0) is 66.5 Å².